The van der Waals surface area contributed by atoms with Gasteiger partial charge >= 0.3 is 0 Å². The van der Waals surface area contributed by atoms with E-state index < -0.39 is 46.2 Å². The van der Waals surface area contributed by atoms with Gasteiger partial charge in [-0.25, -0.2) is 17.6 Å². The minimum Gasteiger partial charge on any atom is -0.384 e. The van der Waals surface area contributed by atoms with E-state index >= 15 is 0 Å². The molecule has 222 valence electrons. The number of halogens is 4. The van der Waals surface area contributed by atoms with Crippen LogP contribution in [-0.2, 0) is 0 Å². The van der Waals surface area contributed by atoms with Crippen molar-refractivity contribution in [2.45, 2.75) is 66.0 Å². The highest BCUT2D eigenvalue weighted by Gasteiger charge is 2.23. The molecular weight excluding hydrogens is 536 g/mol. The smallest absolute Gasteiger partial charge is 0.254 e. The summed E-state index contributed by atoms with van der Waals surface area (Å²) in [5, 5.41) is 11.0. The fourth-order valence-electron chi connectivity index (χ4n) is 3.11. The second-order valence-corrected chi connectivity index (χ2v) is 10.8. The summed E-state index contributed by atoms with van der Waals surface area (Å²) < 4.78 is 53.4. The molecule has 0 spiro atoms. The van der Waals surface area contributed by atoms with Crippen molar-refractivity contribution in [1.29, 1.82) is 0 Å². The highest BCUT2D eigenvalue weighted by Crippen LogP contribution is 2.22. The molecule has 0 bridgehead atoms. The predicted molar refractivity (Wildman–Crippen MR) is 156 cm³/mol. The Morgan fingerprint density at radius 3 is 1.46 bits per heavy atom. The molecule has 0 radical (unpaired) electrons. The van der Waals surface area contributed by atoms with Crippen LogP contribution in [0.25, 0.3) is 0 Å². The Balaban J connectivity index is 0.000000410. The van der Waals surface area contributed by atoms with Gasteiger partial charge in [0.05, 0.1) is 33.6 Å². The average Bonchev–Trinajstić information content (AvgIpc) is 2.89. The molecule has 6 nitrogen and oxygen atoms in total. The number of hydrogen-bond acceptors (Lipinski definition) is 4. The van der Waals surface area contributed by atoms with Gasteiger partial charge in [-0.1, -0.05) is 32.6 Å². The number of carbonyl (C=O) groups is 2. The minimum atomic E-state index is -1.08. The van der Waals surface area contributed by atoms with Crippen LogP contribution in [-0.4, -0.2) is 36.0 Å². The zero-order chi connectivity index (χ0) is 31.5. The van der Waals surface area contributed by atoms with Gasteiger partial charge < -0.3 is 21.3 Å². The molecule has 2 rings (SSSR count). The summed E-state index contributed by atoms with van der Waals surface area (Å²) in [5.74, 6) is -0.145. The molecule has 0 aliphatic rings. The Labute approximate surface area is 240 Å². The van der Waals surface area contributed by atoms with E-state index in [4.69, 9.17) is 12.8 Å². The molecule has 0 aliphatic heterocycles. The topological polar surface area (TPSA) is 82.3 Å². The monoisotopic (exact) mass is 574 g/mol. The predicted octanol–water partition coefficient (Wildman–Crippen LogP) is 6.10. The molecule has 0 saturated carbocycles. The van der Waals surface area contributed by atoms with Crippen molar-refractivity contribution in [3.05, 3.63) is 58.7 Å². The number of rotatable bonds is 10. The first-order valence-corrected chi connectivity index (χ1v) is 13.0. The lowest BCUT2D eigenvalue weighted by Crippen LogP contribution is -2.42. The number of anilines is 2. The normalized spacial score (nSPS) is 11.0. The lowest BCUT2D eigenvalue weighted by molar-refractivity contribution is 0.0921. The summed E-state index contributed by atoms with van der Waals surface area (Å²) in [6.07, 6.45) is 11.4. The molecule has 2 aromatic carbocycles. The van der Waals surface area contributed by atoms with Gasteiger partial charge in [-0.3, -0.25) is 9.59 Å². The minimum absolute atomic E-state index is 0.0258. The first-order valence-electron chi connectivity index (χ1n) is 13.0. The van der Waals surface area contributed by atoms with Crippen molar-refractivity contribution in [3.8, 4) is 24.7 Å². The van der Waals surface area contributed by atoms with Crippen LogP contribution in [0.2, 0.25) is 0 Å². The van der Waals surface area contributed by atoms with Crippen molar-refractivity contribution in [1.82, 2.24) is 10.6 Å². The Kier molecular flexibility index (Phi) is 12.7. The van der Waals surface area contributed by atoms with E-state index in [0.717, 1.165) is 30.7 Å². The molecular formula is C31H38F4N4O2. The Morgan fingerprint density at radius 2 is 1.12 bits per heavy atom. The van der Waals surface area contributed by atoms with Crippen LogP contribution < -0.4 is 21.3 Å². The zero-order valence-electron chi connectivity index (χ0n) is 24.5. The van der Waals surface area contributed by atoms with Gasteiger partial charge in [0.1, 0.15) is 0 Å². The second-order valence-electron chi connectivity index (χ2n) is 10.8. The van der Waals surface area contributed by atoms with E-state index in [1.165, 1.54) is 0 Å². The third kappa shape index (κ3) is 11.1. The Morgan fingerprint density at radius 1 is 0.756 bits per heavy atom. The first-order chi connectivity index (χ1) is 19.0. The molecule has 2 aromatic rings. The van der Waals surface area contributed by atoms with Crippen LogP contribution in [0.4, 0.5) is 28.9 Å². The number of hydrogen-bond donors (Lipinski definition) is 4. The van der Waals surface area contributed by atoms with Crippen LogP contribution in [0.1, 0.15) is 75.6 Å². The highest BCUT2D eigenvalue weighted by molar-refractivity contribution is 6.01. The molecule has 2 amide bonds. The lowest BCUT2D eigenvalue weighted by atomic mass is 10.0. The molecule has 0 aromatic heterocycles. The Hall–Kier alpha value is -4.18. The third-order valence-electron chi connectivity index (χ3n) is 5.45. The van der Waals surface area contributed by atoms with Crippen molar-refractivity contribution >= 4 is 23.2 Å². The number of terminal acetylenes is 2. The van der Waals surface area contributed by atoms with Gasteiger partial charge in [0.15, 0.2) is 23.3 Å². The highest BCUT2D eigenvalue weighted by atomic mass is 19.2. The molecule has 0 atom stereocenters. The van der Waals surface area contributed by atoms with Gasteiger partial charge in [0.2, 0.25) is 0 Å². The summed E-state index contributed by atoms with van der Waals surface area (Å²) in [7, 11) is 0. The quantitative estimate of drug-likeness (QED) is 0.204. The number of amides is 2. The summed E-state index contributed by atoms with van der Waals surface area (Å²) in [4.78, 5) is 24.3. The maximum absolute atomic E-state index is 13.4. The largest absolute Gasteiger partial charge is 0.384 e. The lowest BCUT2D eigenvalue weighted by Gasteiger charge is -2.21. The van der Waals surface area contributed by atoms with E-state index in [2.05, 4.69) is 33.1 Å². The van der Waals surface area contributed by atoms with Crippen LogP contribution in [0.5, 0.6) is 0 Å². The van der Waals surface area contributed by atoms with Crippen molar-refractivity contribution in [3.63, 3.8) is 0 Å². The number of carbonyl (C=O) groups excluding carboxylic acids is 2. The molecule has 4 N–H and O–H groups in total. The van der Waals surface area contributed by atoms with E-state index in [0.29, 0.717) is 13.1 Å². The number of benzene rings is 2. The van der Waals surface area contributed by atoms with Gasteiger partial charge in [-0.05, 0) is 52.2 Å². The standard InChI is InChI=1S/C16H20F2N2O.C15H18F2N2O/c1-6-16(4,5)20-15(21)11-7-12(17)13(18)8-14(11)19-9-10(2)3;1-5-7-18-13-9-12(17)11(16)8-10(13)14(20)19-15(3,4)6-2/h1,7-8,10,19H,9H2,2-5H3,(H,20,21);2,8-9,18H,5,7H2,1,3-4H3,(H,19,20). The first kappa shape index (κ1) is 34.8. The van der Waals surface area contributed by atoms with Crippen LogP contribution >= 0.6 is 0 Å². The van der Waals surface area contributed by atoms with Gasteiger partial charge in [-0.2, -0.15) is 0 Å². The summed E-state index contributed by atoms with van der Waals surface area (Å²) in [6, 6.07) is 3.70. The number of nitrogens with one attached hydrogen (secondary N) is 4. The molecule has 41 heavy (non-hydrogen) atoms. The molecule has 0 fully saturated rings. The SMILES string of the molecule is C#CC(C)(C)NC(=O)c1cc(F)c(F)cc1NCC(C)C.C#CC(C)(C)NC(=O)c1cc(F)c(F)cc1NCCC. The molecule has 0 unspecified atom stereocenters. The molecule has 0 saturated heterocycles. The van der Waals surface area contributed by atoms with Gasteiger partial charge in [0.25, 0.3) is 11.8 Å². The van der Waals surface area contributed by atoms with E-state index in [1.807, 2.05) is 20.8 Å². The van der Waals surface area contributed by atoms with Crippen molar-refractivity contribution in [2.75, 3.05) is 23.7 Å². The summed E-state index contributed by atoms with van der Waals surface area (Å²) in [5.41, 5.74) is -1.20. The maximum atomic E-state index is 13.4. The van der Waals surface area contributed by atoms with E-state index in [-0.39, 0.29) is 28.4 Å². The third-order valence-corrected chi connectivity index (χ3v) is 5.45. The van der Waals surface area contributed by atoms with Crippen molar-refractivity contribution in [2.24, 2.45) is 5.92 Å². The zero-order valence-corrected chi connectivity index (χ0v) is 24.5. The Bertz CT molecular complexity index is 1320. The second kappa shape index (κ2) is 15.0. The van der Waals surface area contributed by atoms with E-state index in [1.54, 1.807) is 27.7 Å². The maximum Gasteiger partial charge on any atom is 0.254 e. The molecule has 10 heteroatoms. The molecule has 0 aliphatic carbocycles. The average molecular weight is 575 g/mol. The van der Waals surface area contributed by atoms with Crippen molar-refractivity contribution < 1.29 is 27.2 Å². The van der Waals surface area contributed by atoms with Gasteiger partial charge in [0, 0.05) is 25.2 Å². The van der Waals surface area contributed by atoms with Gasteiger partial charge in [-0.15, -0.1) is 12.8 Å². The molecule has 0 heterocycles. The summed E-state index contributed by atoms with van der Waals surface area (Å²) >= 11 is 0. The summed E-state index contributed by atoms with van der Waals surface area (Å²) in [6.45, 7) is 13.5. The van der Waals surface area contributed by atoms with E-state index in [9.17, 15) is 27.2 Å². The fraction of sp³-hybridized carbons (Fsp3) is 0.419. The van der Waals surface area contributed by atoms with Crippen LogP contribution in [0, 0.1) is 53.9 Å². The van der Waals surface area contributed by atoms with Crippen LogP contribution in [0.3, 0.4) is 0 Å². The fourth-order valence-corrected chi connectivity index (χ4v) is 3.11. The van der Waals surface area contributed by atoms with Crippen LogP contribution in [0.15, 0.2) is 24.3 Å².